The van der Waals surface area contributed by atoms with Crippen molar-refractivity contribution in [2.45, 2.75) is 64.0 Å². The molecule has 3 aromatic rings. The predicted molar refractivity (Wildman–Crippen MR) is 188 cm³/mol. The first kappa shape index (κ1) is 38.0. The lowest BCUT2D eigenvalue weighted by molar-refractivity contribution is -0.145. The molecule has 3 aromatic carbocycles. The van der Waals surface area contributed by atoms with Gasteiger partial charge in [0, 0.05) is 29.1 Å². The molecule has 1 saturated heterocycles. The van der Waals surface area contributed by atoms with Crippen molar-refractivity contribution >= 4 is 46.7 Å². The Morgan fingerprint density at radius 2 is 1.84 bits per heavy atom. The van der Waals surface area contributed by atoms with E-state index in [1.165, 1.54) is 55.6 Å². The van der Waals surface area contributed by atoms with Gasteiger partial charge in [0.05, 0.1) is 48.0 Å². The van der Waals surface area contributed by atoms with Gasteiger partial charge in [0.15, 0.2) is 0 Å². The van der Waals surface area contributed by atoms with Gasteiger partial charge in [-0.05, 0) is 73.1 Å². The fourth-order valence-corrected chi connectivity index (χ4v) is 7.79. The van der Waals surface area contributed by atoms with Crippen LogP contribution in [0.25, 0.3) is 0 Å². The van der Waals surface area contributed by atoms with Crippen LogP contribution in [0.4, 0.5) is 14.5 Å². The van der Waals surface area contributed by atoms with Crippen LogP contribution in [0.15, 0.2) is 54.6 Å². The Morgan fingerprint density at radius 3 is 2.45 bits per heavy atom. The van der Waals surface area contributed by atoms with Gasteiger partial charge >= 0.3 is 11.9 Å². The van der Waals surface area contributed by atoms with Crippen LogP contribution in [-0.4, -0.2) is 60.2 Å². The number of ether oxygens (including phenoxy) is 2. The number of methoxy groups -OCH3 is 1. The van der Waals surface area contributed by atoms with Gasteiger partial charge in [-0.1, -0.05) is 62.2 Å². The number of carboxylic acids is 1. The maximum absolute atomic E-state index is 16.4. The lowest BCUT2D eigenvalue weighted by Crippen LogP contribution is -2.48. The summed E-state index contributed by atoms with van der Waals surface area (Å²) in [5, 5.41) is 23.6. The molecule has 0 aromatic heterocycles. The van der Waals surface area contributed by atoms with Crippen LogP contribution < -0.4 is 10.1 Å². The van der Waals surface area contributed by atoms with Crippen molar-refractivity contribution in [1.29, 1.82) is 5.26 Å². The summed E-state index contributed by atoms with van der Waals surface area (Å²) in [7, 11) is 1.31. The van der Waals surface area contributed by atoms with Crippen LogP contribution >= 0.6 is 23.2 Å². The predicted octanol–water partition coefficient (Wildman–Crippen LogP) is 7.85. The first-order chi connectivity index (χ1) is 24.1. The summed E-state index contributed by atoms with van der Waals surface area (Å²) in [5.41, 5.74) is -2.53. The molecule has 1 aliphatic heterocycles. The Labute approximate surface area is 305 Å². The third-order valence-electron chi connectivity index (χ3n) is 9.71. The van der Waals surface area contributed by atoms with E-state index < -0.39 is 58.3 Å². The van der Waals surface area contributed by atoms with E-state index in [4.69, 9.17) is 32.7 Å². The van der Waals surface area contributed by atoms with Gasteiger partial charge in [-0.15, -0.1) is 0 Å². The number of anilines is 1. The summed E-state index contributed by atoms with van der Waals surface area (Å²) >= 11 is 12.5. The average molecular weight is 743 g/mol. The summed E-state index contributed by atoms with van der Waals surface area (Å²) in [5.74, 6) is -6.01. The zero-order chi connectivity index (χ0) is 37.4. The molecule has 13 heteroatoms. The number of amides is 1. The third-order valence-corrected chi connectivity index (χ3v) is 10.2. The van der Waals surface area contributed by atoms with Gasteiger partial charge < -0.3 is 19.9 Å². The molecule has 0 bridgehead atoms. The first-order valence-electron chi connectivity index (χ1n) is 16.5. The van der Waals surface area contributed by atoms with Crippen molar-refractivity contribution in [2.24, 2.45) is 17.3 Å². The molecule has 0 spiro atoms. The van der Waals surface area contributed by atoms with E-state index in [2.05, 4.69) is 11.4 Å². The minimum absolute atomic E-state index is 0.0457. The molecular weight excluding hydrogens is 703 g/mol. The smallest absolute Gasteiger partial charge is 0.335 e. The minimum Gasteiger partial charge on any atom is -0.495 e. The lowest BCUT2D eigenvalue weighted by atomic mass is 9.62. The maximum atomic E-state index is 16.4. The Balaban J connectivity index is 1.79. The number of benzene rings is 3. The number of likely N-dealkylation sites (tertiary alicyclic amines) is 1. The summed E-state index contributed by atoms with van der Waals surface area (Å²) < 4.78 is 43.4. The Morgan fingerprint density at radius 1 is 1.12 bits per heavy atom. The molecule has 5 rings (SSSR count). The molecule has 0 unspecified atom stereocenters. The van der Waals surface area contributed by atoms with Crippen molar-refractivity contribution in [3.8, 4) is 11.8 Å². The molecule has 1 amide bonds. The average Bonchev–Trinajstić information content (AvgIpc) is 3.79. The molecule has 1 saturated carbocycles. The number of hydrogen-bond acceptors (Lipinski definition) is 7. The summed E-state index contributed by atoms with van der Waals surface area (Å²) in [4.78, 5) is 41.2. The van der Waals surface area contributed by atoms with E-state index in [0.29, 0.717) is 6.42 Å². The van der Waals surface area contributed by atoms with Crippen LogP contribution in [0, 0.1) is 40.2 Å². The van der Waals surface area contributed by atoms with E-state index in [9.17, 15) is 24.8 Å². The highest BCUT2D eigenvalue weighted by Gasteiger charge is 2.66. The highest BCUT2D eigenvalue weighted by molar-refractivity contribution is 6.31. The van der Waals surface area contributed by atoms with Crippen molar-refractivity contribution < 1.29 is 37.7 Å². The monoisotopic (exact) mass is 741 g/mol. The molecule has 51 heavy (non-hydrogen) atoms. The lowest BCUT2D eigenvalue weighted by Gasteiger charge is -2.39. The number of esters is 1. The second-order valence-electron chi connectivity index (χ2n) is 14.2. The van der Waals surface area contributed by atoms with Gasteiger partial charge in [0.25, 0.3) is 0 Å². The summed E-state index contributed by atoms with van der Waals surface area (Å²) in [6.07, 6.45) is 0.708. The van der Waals surface area contributed by atoms with Crippen molar-refractivity contribution in [3.05, 3.63) is 93.0 Å². The highest BCUT2D eigenvalue weighted by atomic mass is 35.5. The second kappa shape index (κ2) is 14.8. The van der Waals surface area contributed by atoms with E-state index >= 15 is 8.78 Å². The van der Waals surface area contributed by atoms with Gasteiger partial charge in [-0.25, -0.2) is 13.6 Å². The molecule has 2 fully saturated rings. The van der Waals surface area contributed by atoms with Crippen LogP contribution in [0.5, 0.6) is 5.75 Å². The number of carboxylic acid groups (broad SMARTS) is 1. The van der Waals surface area contributed by atoms with E-state index in [1.807, 2.05) is 20.8 Å². The van der Waals surface area contributed by atoms with Crippen LogP contribution in [0.2, 0.25) is 10.0 Å². The molecule has 270 valence electrons. The topological polar surface area (TPSA) is 129 Å². The van der Waals surface area contributed by atoms with E-state index in [-0.39, 0.29) is 69.6 Å². The van der Waals surface area contributed by atoms with Crippen LogP contribution in [-0.2, 0) is 19.7 Å². The quantitative estimate of drug-likeness (QED) is 0.190. The number of carbonyl (C=O) groups excluding carboxylic acids is 2. The zero-order valence-electron chi connectivity index (χ0n) is 28.8. The number of halogens is 4. The Kier molecular flexibility index (Phi) is 11.0. The Bertz CT molecular complexity index is 1900. The maximum Gasteiger partial charge on any atom is 0.335 e. The molecule has 2 aliphatic rings. The summed E-state index contributed by atoms with van der Waals surface area (Å²) in [6.45, 7) is 7.85. The number of nitrogens with one attached hydrogen (secondary N) is 1. The standard InChI is InChI=1S/C38H39Cl2F2N3O6/c1-6-51-36(49)24-14-21(24)18-45-30(17-37(2,3)4)38(19-43,25-12-11-22(39)16-27(25)41)31(23-8-7-9-26(40)32(23)42)33(45)34(46)44-28-13-10-20(35(47)48)15-29(28)50-5/h7-13,15-16,21,24,30-31,33H,6,14,17-18H2,1-5H3,(H,44,46)(H,47,48)/t21-,24+,30-,31-,33+,38-/m0/s1. The van der Waals surface area contributed by atoms with Crippen LogP contribution in [0.1, 0.15) is 67.9 Å². The number of hydrogen-bond donors (Lipinski definition) is 2. The number of aromatic carboxylic acids is 1. The summed E-state index contributed by atoms with van der Waals surface area (Å²) in [6, 6.07) is 12.3. The number of nitrogens with zero attached hydrogens (tertiary/aromatic N) is 2. The number of nitriles is 1. The minimum atomic E-state index is -1.90. The van der Waals surface area contributed by atoms with Gasteiger partial charge in [-0.2, -0.15) is 5.26 Å². The zero-order valence-corrected chi connectivity index (χ0v) is 30.3. The van der Waals surface area contributed by atoms with E-state index in [0.717, 1.165) is 6.07 Å². The normalized spacial score (nSPS) is 24.4. The van der Waals surface area contributed by atoms with Crippen molar-refractivity contribution in [1.82, 2.24) is 4.90 Å². The third kappa shape index (κ3) is 7.41. The molecule has 2 N–H and O–H groups in total. The number of rotatable bonds is 11. The van der Waals surface area contributed by atoms with Crippen LogP contribution in [0.3, 0.4) is 0 Å². The number of carbonyl (C=O) groups is 3. The molecule has 9 nitrogen and oxygen atoms in total. The highest BCUT2D eigenvalue weighted by Crippen LogP contribution is 2.58. The molecular formula is C38H39Cl2F2N3O6. The second-order valence-corrected chi connectivity index (χ2v) is 15.1. The molecule has 1 heterocycles. The fourth-order valence-electron chi connectivity index (χ4n) is 7.45. The first-order valence-corrected chi connectivity index (χ1v) is 17.3. The Hall–Kier alpha value is -4.24. The van der Waals surface area contributed by atoms with Crippen molar-refractivity contribution in [3.63, 3.8) is 0 Å². The molecule has 0 radical (unpaired) electrons. The van der Waals surface area contributed by atoms with Gasteiger partial charge in [-0.3, -0.25) is 14.5 Å². The molecule has 6 atom stereocenters. The van der Waals surface area contributed by atoms with Gasteiger partial charge in [0.2, 0.25) is 5.91 Å². The molecule has 1 aliphatic carbocycles. The van der Waals surface area contributed by atoms with Crippen molar-refractivity contribution in [2.75, 3.05) is 25.6 Å². The SMILES string of the molecule is CCOC(=O)[C@@H]1C[C@H]1CN1[C@@H](CC(C)(C)C)[C@](C#N)(c2ccc(Cl)cc2F)[C@@H](c2cccc(Cl)c2F)[C@@H]1C(=O)Nc1ccc(C(=O)O)cc1OC. The van der Waals surface area contributed by atoms with Gasteiger partial charge in [0.1, 0.15) is 22.8 Å². The fraction of sp³-hybridized carbons (Fsp3) is 0.421. The van der Waals surface area contributed by atoms with E-state index in [1.54, 1.807) is 11.8 Å². The largest absolute Gasteiger partial charge is 0.495 e.